The van der Waals surface area contributed by atoms with Crippen molar-refractivity contribution in [2.75, 3.05) is 43.5 Å². The number of carbonyl (C=O) groups is 1. The van der Waals surface area contributed by atoms with Crippen LogP contribution < -0.4 is 10.6 Å². The Morgan fingerprint density at radius 2 is 2.22 bits per heavy atom. The molecule has 2 aromatic heterocycles. The molecule has 2 atom stereocenters. The molecule has 2 aliphatic rings. The Morgan fingerprint density at radius 1 is 1.30 bits per heavy atom. The highest BCUT2D eigenvalue weighted by molar-refractivity contribution is 7.18. The minimum atomic E-state index is -0.0324. The molecule has 0 unspecified atom stereocenters. The highest BCUT2D eigenvalue weighted by Crippen LogP contribution is 2.28. The van der Waals surface area contributed by atoms with E-state index < -0.39 is 0 Å². The first-order valence-electron chi connectivity index (χ1n) is 7.45. The minimum absolute atomic E-state index is 0.0159. The number of nitrogens with zero attached hydrogens (tertiary/aromatic N) is 4. The van der Waals surface area contributed by atoms with Crippen molar-refractivity contribution in [2.24, 2.45) is 5.92 Å². The van der Waals surface area contributed by atoms with Gasteiger partial charge >= 0.3 is 0 Å². The second kappa shape index (κ2) is 5.82. The van der Waals surface area contributed by atoms with E-state index in [1.165, 1.54) is 23.9 Å². The molecule has 0 spiro atoms. The Balaban J connectivity index is 1.60. The first kappa shape index (κ1) is 14.5. The summed E-state index contributed by atoms with van der Waals surface area (Å²) in [6.07, 6.45) is 3.01. The number of hydrogen-bond acceptors (Lipinski definition) is 8. The average molecular weight is 335 g/mol. The molecule has 0 aromatic carbocycles. The van der Waals surface area contributed by atoms with Gasteiger partial charge in [0, 0.05) is 25.6 Å². The van der Waals surface area contributed by atoms with Crippen LogP contribution in [0.5, 0.6) is 0 Å². The van der Waals surface area contributed by atoms with Gasteiger partial charge in [-0.25, -0.2) is 0 Å². The van der Waals surface area contributed by atoms with Crippen molar-refractivity contribution < 1.29 is 13.9 Å². The summed E-state index contributed by atoms with van der Waals surface area (Å²) in [4.78, 5) is 16.8. The molecule has 2 bridgehead atoms. The molecule has 2 saturated heterocycles. The fourth-order valence-electron chi connectivity index (χ4n) is 3.15. The number of hydrogen-bond donors (Lipinski definition) is 1. The van der Waals surface area contributed by atoms with E-state index in [0.717, 1.165) is 11.7 Å². The number of furan rings is 1. The van der Waals surface area contributed by atoms with E-state index in [4.69, 9.17) is 14.9 Å². The van der Waals surface area contributed by atoms with Crippen LogP contribution in [0.2, 0.25) is 0 Å². The van der Waals surface area contributed by atoms with Gasteiger partial charge in [0.05, 0.1) is 31.1 Å². The van der Waals surface area contributed by atoms with E-state index in [-0.39, 0.29) is 17.9 Å². The van der Waals surface area contributed by atoms with Crippen LogP contribution in [-0.2, 0) is 4.74 Å². The van der Waals surface area contributed by atoms with Gasteiger partial charge in [0.2, 0.25) is 10.3 Å². The summed E-state index contributed by atoms with van der Waals surface area (Å²) in [5.41, 5.74) is 6.27. The Hall–Kier alpha value is -2.13. The fraction of sp³-hybridized carbons (Fsp3) is 0.500. The van der Waals surface area contributed by atoms with Crippen molar-refractivity contribution >= 4 is 27.5 Å². The second-order valence-electron chi connectivity index (χ2n) is 5.85. The van der Waals surface area contributed by atoms with E-state index in [1.54, 1.807) is 6.07 Å². The monoisotopic (exact) mass is 335 g/mol. The van der Waals surface area contributed by atoms with Crippen molar-refractivity contribution in [1.29, 1.82) is 0 Å². The van der Waals surface area contributed by atoms with E-state index in [0.29, 0.717) is 37.0 Å². The third-order valence-corrected chi connectivity index (χ3v) is 5.01. The largest absolute Gasteiger partial charge is 0.472 e. The summed E-state index contributed by atoms with van der Waals surface area (Å²) in [6.45, 7) is 3.26. The third kappa shape index (κ3) is 2.77. The lowest BCUT2D eigenvalue weighted by atomic mass is 10.1. The topological polar surface area (TPSA) is 97.7 Å². The van der Waals surface area contributed by atoms with Crippen molar-refractivity contribution in [1.82, 2.24) is 15.1 Å². The molecule has 122 valence electrons. The highest BCUT2D eigenvalue weighted by Gasteiger charge is 2.37. The average Bonchev–Trinajstić information content (AvgIpc) is 3.11. The van der Waals surface area contributed by atoms with Crippen molar-refractivity contribution in [3.63, 3.8) is 0 Å². The molecule has 2 fully saturated rings. The zero-order valence-electron chi connectivity index (χ0n) is 12.4. The first-order valence-corrected chi connectivity index (χ1v) is 8.27. The summed E-state index contributed by atoms with van der Waals surface area (Å²) in [5.74, 6) is 0.210. The van der Waals surface area contributed by atoms with Crippen LogP contribution in [0.1, 0.15) is 10.4 Å². The Bertz CT molecular complexity index is 688. The van der Waals surface area contributed by atoms with E-state index in [2.05, 4.69) is 15.1 Å². The molecule has 1 amide bonds. The SMILES string of the molecule is Nc1nnc(N2C[C@@H]3COC[C@H](C2)N(C(=O)c2ccoc2)C3)s1. The third-order valence-electron chi connectivity index (χ3n) is 4.20. The van der Waals surface area contributed by atoms with Gasteiger partial charge in [-0.05, 0) is 6.07 Å². The van der Waals surface area contributed by atoms with Gasteiger partial charge in [0.1, 0.15) is 6.26 Å². The Kier molecular flexibility index (Phi) is 3.66. The number of nitrogen functional groups attached to an aromatic ring is 1. The van der Waals surface area contributed by atoms with E-state index >= 15 is 0 Å². The van der Waals surface area contributed by atoms with E-state index in [9.17, 15) is 4.79 Å². The minimum Gasteiger partial charge on any atom is -0.472 e. The number of ether oxygens (including phenoxy) is 1. The van der Waals surface area contributed by atoms with Crippen molar-refractivity contribution in [3.8, 4) is 0 Å². The van der Waals surface area contributed by atoms with Gasteiger partial charge in [-0.2, -0.15) is 0 Å². The Morgan fingerprint density at radius 3 is 2.96 bits per heavy atom. The van der Waals surface area contributed by atoms with Crippen molar-refractivity contribution in [3.05, 3.63) is 24.2 Å². The van der Waals surface area contributed by atoms with Crippen LogP contribution in [-0.4, -0.2) is 59.9 Å². The quantitative estimate of drug-likeness (QED) is 0.862. The number of nitrogens with two attached hydrogens (primary N) is 1. The highest BCUT2D eigenvalue weighted by atomic mass is 32.1. The van der Waals surface area contributed by atoms with Crippen LogP contribution in [0.25, 0.3) is 0 Å². The molecule has 2 aromatic rings. The number of rotatable bonds is 2. The summed E-state index contributed by atoms with van der Waals surface area (Å²) >= 11 is 1.37. The predicted octanol–water partition coefficient (Wildman–Crippen LogP) is 0.691. The van der Waals surface area contributed by atoms with Gasteiger partial charge in [-0.1, -0.05) is 11.3 Å². The molecular formula is C14H17N5O3S. The summed E-state index contributed by atoms with van der Waals surface area (Å²) in [7, 11) is 0. The molecule has 0 saturated carbocycles. The van der Waals surface area contributed by atoms with Crippen LogP contribution in [0.3, 0.4) is 0 Å². The molecule has 9 heteroatoms. The van der Waals surface area contributed by atoms with E-state index in [1.807, 2.05) is 4.90 Å². The molecule has 0 radical (unpaired) electrons. The zero-order chi connectivity index (χ0) is 15.8. The lowest BCUT2D eigenvalue weighted by Crippen LogP contribution is -2.46. The maximum Gasteiger partial charge on any atom is 0.257 e. The molecule has 4 heterocycles. The van der Waals surface area contributed by atoms with Crippen molar-refractivity contribution in [2.45, 2.75) is 6.04 Å². The molecule has 8 nitrogen and oxygen atoms in total. The molecule has 4 rings (SSSR count). The maximum absolute atomic E-state index is 12.8. The fourth-order valence-corrected chi connectivity index (χ4v) is 3.78. The van der Waals surface area contributed by atoms with Gasteiger partial charge in [-0.3, -0.25) is 4.79 Å². The van der Waals surface area contributed by atoms with Gasteiger partial charge in [-0.15, -0.1) is 10.2 Å². The number of fused-ring (bicyclic) bond motifs is 3. The lowest BCUT2D eigenvalue weighted by molar-refractivity contribution is 0.0611. The normalized spacial score (nSPS) is 24.5. The standard InChI is InChI=1S/C14H17N5O3S/c15-13-16-17-14(23-13)18-3-9-4-19(11(5-18)8-22-6-9)12(20)10-1-2-21-7-10/h1-2,7,9,11H,3-6,8H2,(H2,15,16)/t9-,11-/m0/s1. The maximum atomic E-state index is 12.8. The van der Waals surface area contributed by atoms with Crippen LogP contribution >= 0.6 is 11.3 Å². The zero-order valence-corrected chi connectivity index (χ0v) is 13.2. The van der Waals surface area contributed by atoms with Crippen LogP contribution in [0, 0.1) is 5.92 Å². The smallest absolute Gasteiger partial charge is 0.257 e. The van der Waals surface area contributed by atoms with Gasteiger partial charge in [0.25, 0.3) is 5.91 Å². The van der Waals surface area contributed by atoms with Crippen LogP contribution in [0.4, 0.5) is 10.3 Å². The molecule has 2 N–H and O–H groups in total. The lowest BCUT2D eigenvalue weighted by Gasteiger charge is -2.30. The summed E-state index contributed by atoms with van der Waals surface area (Å²) in [5, 5.41) is 9.29. The summed E-state index contributed by atoms with van der Waals surface area (Å²) in [6, 6.07) is 1.66. The second-order valence-corrected chi connectivity index (χ2v) is 6.84. The summed E-state index contributed by atoms with van der Waals surface area (Å²) < 4.78 is 10.8. The van der Waals surface area contributed by atoms with Gasteiger partial charge < -0.3 is 24.7 Å². The first-order chi connectivity index (χ1) is 11.2. The van der Waals surface area contributed by atoms with Gasteiger partial charge in [0.15, 0.2) is 0 Å². The number of aromatic nitrogens is 2. The number of carbonyl (C=O) groups excluding carboxylic acids is 1. The number of amides is 1. The number of anilines is 2. The molecular weight excluding hydrogens is 318 g/mol. The molecule has 23 heavy (non-hydrogen) atoms. The predicted molar refractivity (Wildman–Crippen MR) is 84.4 cm³/mol. The van der Waals surface area contributed by atoms with Crippen LogP contribution in [0.15, 0.2) is 23.0 Å². The molecule has 2 aliphatic heterocycles. The Labute approximate surface area is 136 Å². The molecule has 0 aliphatic carbocycles.